The van der Waals surface area contributed by atoms with Crippen molar-refractivity contribution >= 4 is 23.6 Å². The third-order valence-corrected chi connectivity index (χ3v) is 18.2. The van der Waals surface area contributed by atoms with Crippen molar-refractivity contribution in [2.45, 2.75) is 280 Å². The quantitative estimate of drug-likeness (QED) is 0.0404. The van der Waals surface area contributed by atoms with Crippen LogP contribution in [0.4, 0.5) is 0 Å². The lowest BCUT2D eigenvalue weighted by atomic mass is 9.93. The molecule has 8 fully saturated rings. The zero-order valence-corrected chi connectivity index (χ0v) is 54.2. The topological polar surface area (TPSA) is 680 Å². The fourth-order valence-corrected chi connectivity index (χ4v) is 12.9. The second kappa shape index (κ2) is 35.7. The minimum Gasteiger partial charge on any atom is -0.394 e. The number of carbonyl (C=O) groups is 4. The number of aliphatic hydroxyl groups excluding tert-OH is 21. The Morgan fingerprint density at radius 3 is 1.17 bits per heavy atom. The van der Waals surface area contributed by atoms with E-state index in [9.17, 15) is 126 Å². The highest BCUT2D eigenvalue weighted by Crippen LogP contribution is 2.40. The van der Waals surface area contributed by atoms with Crippen molar-refractivity contribution in [3.8, 4) is 0 Å². The van der Waals surface area contributed by atoms with Gasteiger partial charge in [-0.3, -0.25) is 19.2 Å². The molecular formula is C56H94N4O40. The summed E-state index contributed by atoms with van der Waals surface area (Å²) in [6, 6.07) is -7.18. The van der Waals surface area contributed by atoms with E-state index in [0.717, 1.165) is 27.7 Å². The van der Waals surface area contributed by atoms with Gasteiger partial charge in [-0.05, 0) is 6.92 Å². The van der Waals surface area contributed by atoms with E-state index >= 15 is 0 Å². The highest BCUT2D eigenvalue weighted by Gasteiger charge is 2.61. The van der Waals surface area contributed by atoms with Gasteiger partial charge in [0.15, 0.2) is 50.3 Å². The van der Waals surface area contributed by atoms with E-state index in [1.165, 1.54) is 6.92 Å². The van der Waals surface area contributed by atoms with Crippen LogP contribution in [0.1, 0.15) is 34.6 Å². The average molecular weight is 1460 g/mol. The van der Waals surface area contributed by atoms with Gasteiger partial charge < -0.3 is 200 Å². The Morgan fingerprint density at radius 1 is 0.280 bits per heavy atom. The highest BCUT2D eigenvalue weighted by atomic mass is 16.8. The molecule has 0 spiro atoms. The molecule has 44 heteroatoms. The molecule has 0 saturated carbocycles. The molecule has 578 valence electrons. The first-order valence-electron chi connectivity index (χ1n) is 32.0. The van der Waals surface area contributed by atoms with Crippen molar-refractivity contribution in [3.63, 3.8) is 0 Å². The molecule has 0 aliphatic carbocycles. The highest BCUT2D eigenvalue weighted by molar-refractivity contribution is 5.74. The van der Waals surface area contributed by atoms with E-state index in [4.69, 9.17) is 71.1 Å². The monoisotopic (exact) mass is 1460 g/mol. The molecule has 100 heavy (non-hydrogen) atoms. The van der Waals surface area contributed by atoms with Crippen molar-refractivity contribution < 1.29 is 197 Å². The molecule has 40 atom stereocenters. The molecule has 25 N–H and O–H groups in total. The summed E-state index contributed by atoms with van der Waals surface area (Å²) in [7, 11) is 0. The van der Waals surface area contributed by atoms with E-state index < -0.39 is 315 Å². The van der Waals surface area contributed by atoms with Gasteiger partial charge in [0.25, 0.3) is 0 Å². The Morgan fingerprint density at radius 2 is 0.630 bits per heavy atom. The lowest BCUT2D eigenvalue weighted by Gasteiger charge is -2.52. The summed E-state index contributed by atoms with van der Waals surface area (Å²) < 4.78 is 89.6. The van der Waals surface area contributed by atoms with Crippen molar-refractivity contribution in [2.75, 3.05) is 46.2 Å². The van der Waals surface area contributed by atoms with Crippen LogP contribution >= 0.6 is 0 Å². The standard InChI is InChI=1S/C56H94N4O40/c1-13-29(71)37(79)41(83)54(87-13)98-46-28(60-17(5)70)52(93-23(11-66)45(46)97-50-26(58-15(3)68)34(76)30(72)18(6-61)89-50)100-48-39(81)32(74)20(8-63)91-56(48)99-47-33(75)24(12-86-53-40(82)38(80)31(73)19(7-62)90-53)94-55(42(47)84)96-44-22(10-65)92-51(27(36(44)78)59-16(4)69)95-43-21(9-64)88-49(85)25(35(43)77)57-14(2)67/h13,18-56,61-66,71-85H,6-12H2,1-5H3,(H,57,67)(H,58,68)(H,59,69)(H,60,70)/t13-,18+,19+,20+,21+,22+,23+,24+,25+,26+,27+,28+,29+,30-,31+,32+,33+,34+,35+,36+,37+,38-,39-,40-,41-,42-,43+,44+,45+,46+,47-,48-,49?,50-,51-,52-,53-,54-,55-,56+/m0/s1. The van der Waals surface area contributed by atoms with E-state index in [0.29, 0.717) is 0 Å². The van der Waals surface area contributed by atoms with E-state index in [1.807, 2.05) is 0 Å². The summed E-state index contributed by atoms with van der Waals surface area (Å²) in [6.45, 7) is -2.18. The largest absolute Gasteiger partial charge is 0.394 e. The van der Waals surface area contributed by atoms with Gasteiger partial charge in [-0.15, -0.1) is 0 Å². The third-order valence-electron chi connectivity index (χ3n) is 18.2. The van der Waals surface area contributed by atoms with Crippen LogP contribution in [0.2, 0.25) is 0 Å². The predicted molar refractivity (Wildman–Crippen MR) is 309 cm³/mol. The summed E-state index contributed by atoms with van der Waals surface area (Å²) in [5.74, 6) is -3.46. The Kier molecular flexibility index (Phi) is 29.3. The van der Waals surface area contributed by atoms with Crippen LogP contribution in [-0.2, 0) is 90.2 Å². The zero-order valence-electron chi connectivity index (χ0n) is 54.2. The second-order valence-corrected chi connectivity index (χ2v) is 25.3. The Bertz CT molecular complexity index is 2620. The maximum absolute atomic E-state index is 13.4. The SMILES string of the molecule is CC(=O)N[C@H]1[C@H](O[C@H]2[C@H](O)[C@@H](NC(C)=O)C(O)O[C@@H]2CO)O[C@H](CO)[C@@H](O[C@@H]2O[C@H](CO[C@H]3O[C@H](CO)[C@@H](O)[C@H](O)[C@@H]3O)[C@@H](O)[C@H](O[C@H]3O[C@H](CO)[C@@H](O)[C@H](O)[C@@H]3O[C@@H]3O[C@H](CO)[C@@H](O[C@@H]4O[C@H](CO)[C@H](O)[C@H](O)[C@H]4NC(C)=O)[C@H](O[C@@H]4O[C@@H](C)[C@@H](O)[C@@H](O)[C@@H]4O)[C@H]3NC(C)=O)[C@@H]2O)[C@@H]1O. The lowest BCUT2D eigenvalue weighted by molar-refractivity contribution is -0.401. The molecule has 8 heterocycles. The predicted octanol–water partition coefficient (Wildman–Crippen LogP) is -16.8. The molecule has 8 aliphatic heterocycles. The number of ether oxygens (including phenoxy) is 15. The minimum atomic E-state index is -2.49. The van der Waals surface area contributed by atoms with Crippen molar-refractivity contribution in [1.29, 1.82) is 0 Å². The van der Waals surface area contributed by atoms with Crippen LogP contribution in [0.5, 0.6) is 0 Å². The summed E-state index contributed by atoms with van der Waals surface area (Å²) in [5, 5.41) is 242. The van der Waals surface area contributed by atoms with Gasteiger partial charge in [-0.25, -0.2) is 0 Å². The molecule has 0 aromatic carbocycles. The molecule has 1 unspecified atom stereocenters. The van der Waals surface area contributed by atoms with E-state index in [-0.39, 0.29) is 0 Å². The number of carbonyl (C=O) groups excluding carboxylic acids is 4. The first kappa shape index (κ1) is 82.1. The number of amides is 4. The Hall–Kier alpha value is -3.56. The number of nitrogens with one attached hydrogen (secondary N) is 4. The van der Waals surface area contributed by atoms with Crippen LogP contribution in [-0.4, -0.2) is 423 Å². The smallest absolute Gasteiger partial charge is 0.217 e. The maximum atomic E-state index is 13.4. The van der Waals surface area contributed by atoms with Gasteiger partial charge in [-0.2, -0.15) is 0 Å². The fourth-order valence-electron chi connectivity index (χ4n) is 12.9. The van der Waals surface area contributed by atoms with E-state index in [2.05, 4.69) is 21.3 Å². The molecule has 44 nitrogen and oxygen atoms in total. The van der Waals surface area contributed by atoms with Gasteiger partial charge in [0.05, 0.1) is 52.4 Å². The summed E-state index contributed by atoms with van der Waals surface area (Å²) in [6.07, 6.45) is -72.5. The lowest BCUT2D eigenvalue weighted by Crippen LogP contribution is -2.72. The first-order chi connectivity index (χ1) is 47.2. The number of hydrogen-bond acceptors (Lipinski definition) is 40. The molecule has 8 rings (SSSR count). The first-order valence-corrected chi connectivity index (χ1v) is 32.0. The van der Waals surface area contributed by atoms with Crippen LogP contribution in [0.15, 0.2) is 0 Å². The molecule has 0 aromatic rings. The molecule has 0 radical (unpaired) electrons. The van der Waals surface area contributed by atoms with Crippen LogP contribution < -0.4 is 21.3 Å². The Labute approximate surface area is 567 Å². The van der Waals surface area contributed by atoms with Gasteiger partial charge in [0.1, 0.15) is 189 Å². The van der Waals surface area contributed by atoms with Gasteiger partial charge in [0, 0.05) is 27.7 Å². The van der Waals surface area contributed by atoms with Crippen molar-refractivity contribution in [3.05, 3.63) is 0 Å². The minimum absolute atomic E-state index is 0.759. The van der Waals surface area contributed by atoms with Crippen LogP contribution in [0, 0.1) is 0 Å². The summed E-state index contributed by atoms with van der Waals surface area (Å²) in [4.78, 5) is 50.9. The molecule has 0 aromatic heterocycles. The van der Waals surface area contributed by atoms with E-state index in [1.54, 1.807) is 0 Å². The molecule has 8 aliphatic rings. The maximum Gasteiger partial charge on any atom is 0.217 e. The van der Waals surface area contributed by atoms with Gasteiger partial charge >= 0.3 is 0 Å². The number of rotatable bonds is 25. The fraction of sp³-hybridized carbons (Fsp3) is 0.929. The van der Waals surface area contributed by atoms with Crippen molar-refractivity contribution in [2.24, 2.45) is 0 Å². The summed E-state index contributed by atoms with van der Waals surface area (Å²) in [5.41, 5.74) is 0. The molecular weight excluding hydrogens is 1370 g/mol. The van der Waals surface area contributed by atoms with Crippen LogP contribution in [0.3, 0.4) is 0 Å². The zero-order chi connectivity index (χ0) is 73.8. The third kappa shape index (κ3) is 18.1. The molecule has 8 saturated heterocycles. The van der Waals surface area contributed by atoms with Gasteiger partial charge in [0.2, 0.25) is 23.6 Å². The molecule has 4 amide bonds. The summed E-state index contributed by atoms with van der Waals surface area (Å²) >= 11 is 0. The second-order valence-electron chi connectivity index (χ2n) is 25.3. The van der Waals surface area contributed by atoms with Crippen LogP contribution in [0.25, 0.3) is 0 Å². The Balaban J connectivity index is 1.15. The normalized spacial score (nSPS) is 48.7. The van der Waals surface area contributed by atoms with Crippen molar-refractivity contribution in [1.82, 2.24) is 21.3 Å². The van der Waals surface area contributed by atoms with Gasteiger partial charge in [-0.1, -0.05) is 0 Å². The number of aliphatic hydroxyl groups is 21. The molecule has 0 bridgehead atoms. The average Bonchev–Trinajstić information content (AvgIpc) is 0.674. The number of hydrogen-bond donors (Lipinski definition) is 25.